The van der Waals surface area contributed by atoms with E-state index in [9.17, 15) is 4.79 Å². The first-order chi connectivity index (χ1) is 9.65. The summed E-state index contributed by atoms with van der Waals surface area (Å²) in [6.07, 6.45) is 0. The number of quaternary nitrogens is 1. The Hall–Kier alpha value is -1.84. The molecule has 3 nitrogen and oxygen atoms in total. The van der Waals surface area contributed by atoms with Gasteiger partial charge in [-0.3, -0.25) is 4.79 Å². The van der Waals surface area contributed by atoms with Gasteiger partial charge in [0.2, 0.25) is 0 Å². The van der Waals surface area contributed by atoms with Crippen LogP contribution < -0.4 is 10.6 Å². The van der Waals surface area contributed by atoms with Crippen molar-refractivity contribution < 1.29 is 10.1 Å². The maximum Gasteiger partial charge on any atom is 0.282 e. The smallest absolute Gasteiger partial charge is 0.282 e. The molecular formula is C16H18ClN2O+. The number of nitrogens with two attached hydrogens (primary N) is 1. The van der Waals surface area contributed by atoms with Gasteiger partial charge in [0.15, 0.2) is 6.04 Å². The first-order valence-electron chi connectivity index (χ1n) is 6.59. The van der Waals surface area contributed by atoms with Gasteiger partial charge >= 0.3 is 0 Å². The van der Waals surface area contributed by atoms with Crippen LogP contribution in [-0.2, 0) is 11.3 Å². The van der Waals surface area contributed by atoms with Crippen LogP contribution in [0.2, 0.25) is 5.02 Å². The van der Waals surface area contributed by atoms with Gasteiger partial charge in [-0.05, 0) is 25.1 Å². The van der Waals surface area contributed by atoms with Crippen LogP contribution in [0.5, 0.6) is 0 Å². The van der Waals surface area contributed by atoms with Gasteiger partial charge in [0.05, 0.1) is 0 Å². The Bertz CT molecular complexity index is 572. The first kappa shape index (κ1) is 14.6. The highest BCUT2D eigenvalue weighted by Crippen LogP contribution is 2.14. The van der Waals surface area contributed by atoms with E-state index >= 15 is 0 Å². The lowest BCUT2D eigenvalue weighted by atomic mass is 10.2. The summed E-state index contributed by atoms with van der Waals surface area (Å²) >= 11 is 5.89. The summed E-state index contributed by atoms with van der Waals surface area (Å²) in [4.78, 5) is 12.1. The van der Waals surface area contributed by atoms with Gasteiger partial charge in [-0.1, -0.05) is 48.0 Å². The minimum atomic E-state index is -0.158. The fourth-order valence-corrected chi connectivity index (χ4v) is 2.05. The molecule has 104 valence electrons. The van der Waals surface area contributed by atoms with Gasteiger partial charge in [-0.15, -0.1) is 0 Å². The van der Waals surface area contributed by atoms with E-state index in [0.717, 1.165) is 12.2 Å². The highest BCUT2D eigenvalue weighted by Gasteiger charge is 2.15. The zero-order valence-corrected chi connectivity index (χ0v) is 12.1. The number of rotatable bonds is 5. The summed E-state index contributed by atoms with van der Waals surface area (Å²) in [5, 5.41) is 5.49. The molecule has 0 aliphatic rings. The van der Waals surface area contributed by atoms with Crippen molar-refractivity contribution in [2.24, 2.45) is 0 Å². The predicted octanol–water partition coefficient (Wildman–Crippen LogP) is 2.43. The first-order valence-corrected chi connectivity index (χ1v) is 6.96. The molecule has 2 aromatic carbocycles. The predicted molar refractivity (Wildman–Crippen MR) is 81.6 cm³/mol. The van der Waals surface area contributed by atoms with E-state index < -0.39 is 0 Å². The van der Waals surface area contributed by atoms with Crippen LogP contribution in [-0.4, -0.2) is 11.9 Å². The molecule has 0 saturated carbocycles. The van der Waals surface area contributed by atoms with E-state index in [1.807, 2.05) is 42.6 Å². The number of nitrogens with one attached hydrogen (secondary N) is 1. The lowest BCUT2D eigenvalue weighted by Gasteiger charge is -2.11. The number of hydrogen-bond donors (Lipinski definition) is 2. The normalized spacial score (nSPS) is 11.9. The third-order valence-corrected chi connectivity index (χ3v) is 3.29. The van der Waals surface area contributed by atoms with Crippen LogP contribution in [0, 0.1) is 0 Å². The topological polar surface area (TPSA) is 45.7 Å². The Balaban J connectivity index is 1.86. The minimum Gasteiger partial charge on any atom is -0.333 e. The molecule has 0 unspecified atom stereocenters. The number of benzene rings is 2. The molecule has 20 heavy (non-hydrogen) atoms. The average Bonchev–Trinajstić information content (AvgIpc) is 2.46. The van der Waals surface area contributed by atoms with Crippen molar-refractivity contribution in [2.45, 2.75) is 19.5 Å². The van der Waals surface area contributed by atoms with Crippen molar-refractivity contribution in [2.75, 3.05) is 5.32 Å². The van der Waals surface area contributed by atoms with E-state index in [2.05, 4.69) is 17.4 Å². The van der Waals surface area contributed by atoms with Crippen LogP contribution in [0.25, 0.3) is 0 Å². The standard InChI is InChI=1S/C16H17ClN2O/c1-12(18-11-13-6-3-2-4-7-13)16(20)19-15-9-5-8-14(17)10-15/h2-10,12,18H,11H2,1H3,(H,19,20)/p+1/t12-/m0/s1. The summed E-state index contributed by atoms with van der Waals surface area (Å²) < 4.78 is 0. The number of halogens is 1. The zero-order chi connectivity index (χ0) is 14.4. The molecule has 1 amide bonds. The van der Waals surface area contributed by atoms with Crippen molar-refractivity contribution in [1.29, 1.82) is 0 Å². The maximum atomic E-state index is 12.1. The van der Waals surface area contributed by atoms with Crippen LogP contribution in [0.3, 0.4) is 0 Å². The summed E-state index contributed by atoms with van der Waals surface area (Å²) in [6, 6.07) is 17.1. The second kappa shape index (κ2) is 7.08. The summed E-state index contributed by atoms with van der Waals surface area (Å²) in [6.45, 7) is 2.67. The molecule has 4 heteroatoms. The largest absolute Gasteiger partial charge is 0.333 e. The Kier molecular flexibility index (Phi) is 5.16. The minimum absolute atomic E-state index is 0.0248. The Morgan fingerprint density at radius 3 is 2.65 bits per heavy atom. The third-order valence-electron chi connectivity index (χ3n) is 3.06. The van der Waals surface area contributed by atoms with Gasteiger partial charge in [0.25, 0.3) is 5.91 Å². The van der Waals surface area contributed by atoms with Gasteiger partial charge in [-0.25, -0.2) is 0 Å². The molecule has 0 aliphatic heterocycles. The molecule has 0 saturated heterocycles. The molecule has 0 radical (unpaired) electrons. The van der Waals surface area contributed by atoms with Crippen molar-refractivity contribution in [3.8, 4) is 0 Å². The Morgan fingerprint density at radius 2 is 1.95 bits per heavy atom. The fraction of sp³-hybridized carbons (Fsp3) is 0.188. The van der Waals surface area contributed by atoms with E-state index in [0.29, 0.717) is 5.02 Å². The monoisotopic (exact) mass is 289 g/mol. The van der Waals surface area contributed by atoms with Crippen molar-refractivity contribution in [1.82, 2.24) is 0 Å². The Morgan fingerprint density at radius 1 is 1.20 bits per heavy atom. The molecular weight excluding hydrogens is 272 g/mol. The lowest BCUT2D eigenvalue weighted by molar-refractivity contribution is -0.688. The zero-order valence-electron chi connectivity index (χ0n) is 11.3. The molecule has 0 heterocycles. The van der Waals surface area contributed by atoms with E-state index in [1.165, 1.54) is 5.56 Å². The maximum absolute atomic E-state index is 12.1. The van der Waals surface area contributed by atoms with Gasteiger partial charge in [0.1, 0.15) is 6.54 Å². The van der Waals surface area contributed by atoms with Crippen LogP contribution in [0.1, 0.15) is 12.5 Å². The average molecular weight is 290 g/mol. The van der Waals surface area contributed by atoms with Crippen molar-refractivity contribution in [3.63, 3.8) is 0 Å². The lowest BCUT2D eigenvalue weighted by Crippen LogP contribution is -2.90. The molecule has 1 atom stereocenters. The molecule has 0 fully saturated rings. The van der Waals surface area contributed by atoms with Crippen LogP contribution in [0.4, 0.5) is 5.69 Å². The summed E-state index contributed by atoms with van der Waals surface area (Å²) in [5.74, 6) is -0.0248. The van der Waals surface area contributed by atoms with Gasteiger partial charge in [0, 0.05) is 16.3 Å². The molecule has 0 aromatic heterocycles. The molecule has 0 spiro atoms. The second-order valence-corrected chi connectivity index (χ2v) is 5.15. The van der Waals surface area contributed by atoms with E-state index in [-0.39, 0.29) is 11.9 Å². The Labute approximate surface area is 124 Å². The van der Waals surface area contributed by atoms with Crippen LogP contribution in [0.15, 0.2) is 54.6 Å². The number of anilines is 1. The molecule has 0 bridgehead atoms. The second-order valence-electron chi connectivity index (χ2n) is 4.71. The SMILES string of the molecule is C[C@H]([NH2+]Cc1ccccc1)C(=O)Nc1cccc(Cl)c1. The number of amides is 1. The molecule has 2 aromatic rings. The number of carbonyl (C=O) groups is 1. The van der Waals surface area contributed by atoms with Gasteiger partial charge < -0.3 is 10.6 Å². The third kappa shape index (κ3) is 4.37. The van der Waals surface area contributed by atoms with Crippen molar-refractivity contribution in [3.05, 3.63) is 65.2 Å². The summed E-state index contributed by atoms with van der Waals surface area (Å²) in [7, 11) is 0. The molecule has 3 N–H and O–H groups in total. The number of carbonyl (C=O) groups excluding carboxylic acids is 1. The van der Waals surface area contributed by atoms with Crippen LogP contribution >= 0.6 is 11.6 Å². The van der Waals surface area contributed by atoms with Gasteiger partial charge in [-0.2, -0.15) is 0 Å². The van der Waals surface area contributed by atoms with E-state index in [1.54, 1.807) is 12.1 Å². The van der Waals surface area contributed by atoms with E-state index in [4.69, 9.17) is 11.6 Å². The molecule has 0 aliphatic carbocycles. The molecule has 2 rings (SSSR count). The fourth-order valence-electron chi connectivity index (χ4n) is 1.86. The van der Waals surface area contributed by atoms with Crippen molar-refractivity contribution >= 4 is 23.2 Å². The number of hydrogen-bond acceptors (Lipinski definition) is 1. The highest BCUT2D eigenvalue weighted by atomic mass is 35.5. The summed E-state index contributed by atoms with van der Waals surface area (Å²) in [5.41, 5.74) is 1.93. The quantitative estimate of drug-likeness (QED) is 0.872. The highest BCUT2D eigenvalue weighted by molar-refractivity contribution is 6.30.